The Hall–Kier alpha value is -3.56. The highest BCUT2D eigenvalue weighted by atomic mass is 35.5. The maximum absolute atomic E-state index is 12.2. The fourth-order valence-corrected chi connectivity index (χ4v) is 5.41. The Morgan fingerprint density at radius 3 is 2.37 bits per heavy atom. The standard InChI is InChI=1S/C30H38ClN3O3.CH2O3/c1-22-19-25(9-14-28(22)37-18-17-34-29(35)15-16-32(3)30(34)36)21-33(20-24-7-5-4-6-8-24)23(2)26-10-12-27(31)13-11-26;2-1(3)4/h9-16,19,23-24H,4-8,17-18,20-21H2,1-3H3;(H2,2,3,4)/t23-;/m0./s1. The number of nitrogens with zero attached hydrogens (tertiary/aromatic N) is 3. The van der Waals surface area contributed by atoms with E-state index in [0.29, 0.717) is 0 Å². The lowest BCUT2D eigenvalue weighted by molar-refractivity contribution is 0.137. The molecule has 1 aliphatic rings. The molecule has 0 aliphatic heterocycles. The van der Waals surface area contributed by atoms with Crippen LogP contribution in [0.25, 0.3) is 0 Å². The van der Waals surface area contributed by atoms with Gasteiger partial charge in [0.1, 0.15) is 12.4 Å². The first-order valence-electron chi connectivity index (χ1n) is 14.0. The van der Waals surface area contributed by atoms with E-state index in [1.807, 2.05) is 25.1 Å². The van der Waals surface area contributed by atoms with Crippen molar-refractivity contribution in [1.29, 1.82) is 0 Å². The summed E-state index contributed by atoms with van der Waals surface area (Å²) in [6, 6.07) is 16.2. The summed E-state index contributed by atoms with van der Waals surface area (Å²) in [4.78, 5) is 35.4. The summed E-state index contributed by atoms with van der Waals surface area (Å²) < 4.78 is 8.56. The molecule has 9 nitrogen and oxygen atoms in total. The molecule has 0 bridgehead atoms. The van der Waals surface area contributed by atoms with Gasteiger partial charge in [-0.05, 0) is 67.5 Å². The van der Waals surface area contributed by atoms with Crippen molar-refractivity contribution in [2.24, 2.45) is 13.0 Å². The highest BCUT2D eigenvalue weighted by Crippen LogP contribution is 2.31. The minimum Gasteiger partial charge on any atom is -0.491 e. The zero-order chi connectivity index (χ0) is 29.9. The van der Waals surface area contributed by atoms with Crippen molar-refractivity contribution in [1.82, 2.24) is 14.0 Å². The number of aromatic nitrogens is 2. The highest BCUT2D eigenvalue weighted by molar-refractivity contribution is 6.30. The van der Waals surface area contributed by atoms with Gasteiger partial charge in [0, 0.05) is 43.5 Å². The first kappa shape index (κ1) is 32.0. The van der Waals surface area contributed by atoms with Crippen LogP contribution in [0.4, 0.5) is 4.79 Å². The second-order valence-corrected chi connectivity index (χ2v) is 11.0. The molecule has 1 atom stereocenters. The molecule has 1 aliphatic carbocycles. The zero-order valence-corrected chi connectivity index (χ0v) is 24.7. The Labute approximate surface area is 245 Å². The predicted octanol–water partition coefficient (Wildman–Crippen LogP) is 5.95. The summed E-state index contributed by atoms with van der Waals surface area (Å²) in [5, 5.41) is 14.7. The fourth-order valence-electron chi connectivity index (χ4n) is 5.29. The molecule has 4 rings (SSSR count). The Bertz CT molecular complexity index is 1390. The lowest BCUT2D eigenvalue weighted by Gasteiger charge is -2.34. The van der Waals surface area contributed by atoms with Crippen LogP contribution in [0.2, 0.25) is 5.02 Å². The Morgan fingerprint density at radius 1 is 1.07 bits per heavy atom. The maximum atomic E-state index is 12.2. The maximum Gasteiger partial charge on any atom is 0.503 e. The molecule has 1 aromatic heterocycles. The van der Waals surface area contributed by atoms with Crippen LogP contribution >= 0.6 is 11.6 Å². The average molecular weight is 586 g/mol. The zero-order valence-electron chi connectivity index (χ0n) is 24.0. The second kappa shape index (κ2) is 15.4. The number of halogens is 1. The van der Waals surface area contributed by atoms with Gasteiger partial charge in [-0.3, -0.25) is 14.3 Å². The van der Waals surface area contributed by atoms with E-state index in [1.165, 1.54) is 64.6 Å². The van der Waals surface area contributed by atoms with Gasteiger partial charge in [-0.1, -0.05) is 55.1 Å². The molecule has 41 heavy (non-hydrogen) atoms. The van der Waals surface area contributed by atoms with Gasteiger partial charge in [0.15, 0.2) is 0 Å². The van der Waals surface area contributed by atoms with Gasteiger partial charge in [0.05, 0.1) is 6.54 Å². The van der Waals surface area contributed by atoms with E-state index in [1.54, 1.807) is 7.05 Å². The Morgan fingerprint density at radius 2 is 1.73 bits per heavy atom. The van der Waals surface area contributed by atoms with Crippen molar-refractivity contribution in [3.63, 3.8) is 0 Å². The second-order valence-electron chi connectivity index (χ2n) is 10.6. The van der Waals surface area contributed by atoms with E-state index < -0.39 is 6.16 Å². The first-order valence-corrected chi connectivity index (χ1v) is 14.3. The smallest absolute Gasteiger partial charge is 0.491 e. The van der Waals surface area contributed by atoms with Crippen LogP contribution in [0.5, 0.6) is 5.75 Å². The van der Waals surface area contributed by atoms with Gasteiger partial charge in [-0.2, -0.15) is 0 Å². The van der Waals surface area contributed by atoms with Crippen LogP contribution in [0.3, 0.4) is 0 Å². The summed E-state index contributed by atoms with van der Waals surface area (Å²) in [6.45, 7) is 6.73. The molecule has 0 unspecified atom stereocenters. The molecule has 1 saturated carbocycles. The number of aryl methyl sites for hydroxylation is 2. The van der Waals surface area contributed by atoms with Crippen LogP contribution in [0, 0.1) is 12.8 Å². The van der Waals surface area contributed by atoms with Gasteiger partial charge in [-0.25, -0.2) is 9.59 Å². The summed E-state index contributed by atoms with van der Waals surface area (Å²) in [6.07, 6.45) is 6.29. The van der Waals surface area contributed by atoms with Gasteiger partial charge in [0.2, 0.25) is 0 Å². The lowest BCUT2D eigenvalue weighted by atomic mass is 9.88. The normalized spacial score (nSPS) is 14.3. The largest absolute Gasteiger partial charge is 0.503 e. The van der Waals surface area contributed by atoms with E-state index >= 15 is 0 Å². The fraction of sp³-hybridized carbons (Fsp3) is 0.452. The number of benzene rings is 2. The van der Waals surface area contributed by atoms with Crippen LogP contribution in [0.1, 0.15) is 61.8 Å². The van der Waals surface area contributed by atoms with Crippen molar-refractivity contribution < 1.29 is 19.7 Å². The molecular formula is C31H40ClN3O6. The third-order valence-corrected chi connectivity index (χ3v) is 7.81. The van der Waals surface area contributed by atoms with Crippen LogP contribution < -0.4 is 16.0 Å². The van der Waals surface area contributed by atoms with Crippen LogP contribution in [-0.2, 0) is 20.1 Å². The summed E-state index contributed by atoms with van der Waals surface area (Å²) >= 11 is 6.15. The van der Waals surface area contributed by atoms with E-state index in [-0.39, 0.29) is 30.4 Å². The molecule has 0 amide bonds. The summed E-state index contributed by atoms with van der Waals surface area (Å²) in [5.74, 6) is 1.51. The van der Waals surface area contributed by atoms with E-state index in [9.17, 15) is 9.59 Å². The quantitative estimate of drug-likeness (QED) is 0.302. The molecule has 1 heterocycles. The molecular weight excluding hydrogens is 546 g/mol. The molecule has 222 valence electrons. The monoisotopic (exact) mass is 585 g/mol. The van der Waals surface area contributed by atoms with Gasteiger partial charge in [-0.15, -0.1) is 0 Å². The highest BCUT2D eigenvalue weighted by Gasteiger charge is 2.22. The molecule has 1 fully saturated rings. The molecule has 2 aromatic carbocycles. The van der Waals surface area contributed by atoms with E-state index in [0.717, 1.165) is 35.3 Å². The van der Waals surface area contributed by atoms with Crippen molar-refractivity contribution in [3.05, 3.63) is 97.3 Å². The lowest BCUT2D eigenvalue weighted by Crippen LogP contribution is -2.39. The number of ether oxygens (including phenoxy) is 1. The average Bonchev–Trinajstić information content (AvgIpc) is 2.94. The molecule has 2 N–H and O–H groups in total. The van der Waals surface area contributed by atoms with Crippen molar-refractivity contribution in [2.75, 3.05) is 13.2 Å². The SMILES string of the molecule is Cc1cc(CN(CC2CCCCC2)[C@@H](C)c2ccc(Cl)cc2)ccc1OCCn1c(=O)ccn(C)c1=O.O=C(O)O. The number of rotatable bonds is 10. The Balaban J connectivity index is 0.00000108. The Kier molecular flexibility index (Phi) is 12.0. The van der Waals surface area contributed by atoms with Gasteiger partial charge in [0.25, 0.3) is 5.56 Å². The number of carboxylic acid groups (broad SMARTS) is 2. The molecule has 0 radical (unpaired) electrons. The summed E-state index contributed by atoms with van der Waals surface area (Å²) in [7, 11) is 1.63. The molecule has 3 aromatic rings. The number of hydrogen-bond acceptors (Lipinski definition) is 5. The van der Waals surface area contributed by atoms with Crippen molar-refractivity contribution in [2.45, 2.75) is 65.1 Å². The minimum atomic E-state index is -1.83. The van der Waals surface area contributed by atoms with Crippen molar-refractivity contribution >= 4 is 17.8 Å². The van der Waals surface area contributed by atoms with Gasteiger partial charge >= 0.3 is 11.8 Å². The van der Waals surface area contributed by atoms with Crippen LogP contribution in [0.15, 0.2) is 64.3 Å². The minimum absolute atomic E-state index is 0.210. The van der Waals surface area contributed by atoms with Gasteiger partial charge < -0.3 is 19.5 Å². The number of hydrogen-bond donors (Lipinski definition) is 2. The van der Waals surface area contributed by atoms with Crippen molar-refractivity contribution in [3.8, 4) is 5.75 Å². The summed E-state index contributed by atoms with van der Waals surface area (Å²) in [5.41, 5.74) is 2.92. The number of carbonyl (C=O) groups is 1. The third kappa shape index (κ3) is 9.79. The van der Waals surface area contributed by atoms with E-state index in [2.05, 4.69) is 36.1 Å². The first-order chi connectivity index (χ1) is 19.5. The predicted molar refractivity (Wildman–Crippen MR) is 160 cm³/mol. The molecule has 0 spiro atoms. The van der Waals surface area contributed by atoms with Crippen LogP contribution in [-0.4, -0.2) is 43.6 Å². The molecule has 0 saturated heterocycles. The molecule has 10 heteroatoms. The topological polar surface area (TPSA) is 114 Å². The van der Waals surface area contributed by atoms with E-state index in [4.69, 9.17) is 31.3 Å². The third-order valence-electron chi connectivity index (χ3n) is 7.55.